The number of aromatic nitrogens is 3. The van der Waals surface area contributed by atoms with E-state index in [0.717, 1.165) is 11.4 Å². The maximum Gasteiger partial charge on any atom is 0.228 e. The number of nitrogens with zero attached hydrogens (tertiary/aromatic N) is 3. The van der Waals surface area contributed by atoms with Gasteiger partial charge in [0.05, 0.1) is 0 Å². The number of hydrogen-bond acceptors (Lipinski definition) is 4. The maximum absolute atomic E-state index is 4.18. The molecule has 0 aliphatic heterocycles. The molecule has 0 unspecified atom stereocenters. The molecule has 0 aliphatic rings. The number of hydrogen-bond donors (Lipinski definition) is 1. The van der Waals surface area contributed by atoms with Crippen LogP contribution in [0.15, 0.2) is 36.8 Å². The van der Waals surface area contributed by atoms with Gasteiger partial charge in [0.2, 0.25) is 5.95 Å². The van der Waals surface area contributed by atoms with E-state index < -0.39 is 0 Å². The van der Waals surface area contributed by atoms with Gasteiger partial charge in [-0.2, -0.15) is 0 Å². The van der Waals surface area contributed by atoms with Gasteiger partial charge in [-0.3, -0.25) is 0 Å². The highest BCUT2D eigenvalue weighted by Gasteiger charge is 1.99. The van der Waals surface area contributed by atoms with Crippen LogP contribution in [0.1, 0.15) is 5.56 Å². The highest BCUT2D eigenvalue weighted by atomic mass is 15.1. The fourth-order valence-electron chi connectivity index (χ4n) is 1.09. The van der Waals surface area contributed by atoms with Crippen LogP contribution in [0.4, 0.5) is 11.8 Å². The van der Waals surface area contributed by atoms with Crippen LogP contribution < -0.4 is 5.32 Å². The van der Waals surface area contributed by atoms with Gasteiger partial charge < -0.3 is 5.32 Å². The first-order valence-electron chi connectivity index (χ1n) is 4.32. The zero-order valence-electron chi connectivity index (χ0n) is 7.81. The Balaban J connectivity index is 2.24. The van der Waals surface area contributed by atoms with Crippen molar-refractivity contribution in [3.63, 3.8) is 0 Å². The molecule has 0 atom stereocenters. The molecule has 2 heterocycles. The van der Waals surface area contributed by atoms with Gasteiger partial charge >= 0.3 is 0 Å². The number of nitrogens with one attached hydrogen (secondary N) is 1. The van der Waals surface area contributed by atoms with Crippen molar-refractivity contribution in [1.82, 2.24) is 15.0 Å². The molecule has 4 nitrogen and oxygen atoms in total. The molecular weight excluding hydrogens is 176 g/mol. The molecule has 2 aromatic heterocycles. The predicted octanol–water partition coefficient (Wildman–Crippen LogP) is 1.92. The normalized spacial score (nSPS) is 9.79. The van der Waals surface area contributed by atoms with Gasteiger partial charge in [-0.25, -0.2) is 15.0 Å². The zero-order valence-corrected chi connectivity index (χ0v) is 7.81. The van der Waals surface area contributed by atoms with E-state index in [2.05, 4.69) is 20.3 Å². The Morgan fingerprint density at radius 2 is 1.71 bits per heavy atom. The molecule has 0 aromatic carbocycles. The molecule has 0 radical (unpaired) electrons. The molecule has 0 fully saturated rings. The Labute approximate surface area is 82.1 Å². The van der Waals surface area contributed by atoms with Gasteiger partial charge in [-0.05, 0) is 24.6 Å². The summed E-state index contributed by atoms with van der Waals surface area (Å²) in [6.45, 7) is 1.98. The van der Waals surface area contributed by atoms with Crippen molar-refractivity contribution in [1.29, 1.82) is 0 Å². The first-order chi connectivity index (χ1) is 6.86. The van der Waals surface area contributed by atoms with Crippen LogP contribution in [0.25, 0.3) is 0 Å². The minimum Gasteiger partial charge on any atom is -0.309 e. The summed E-state index contributed by atoms with van der Waals surface area (Å²) in [6, 6.07) is 5.65. The molecule has 0 saturated heterocycles. The van der Waals surface area contributed by atoms with Crippen molar-refractivity contribution < 1.29 is 0 Å². The van der Waals surface area contributed by atoms with Gasteiger partial charge in [0.1, 0.15) is 5.82 Å². The molecule has 70 valence electrons. The molecule has 4 heteroatoms. The first-order valence-corrected chi connectivity index (χ1v) is 4.32. The topological polar surface area (TPSA) is 50.7 Å². The van der Waals surface area contributed by atoms with E-state index in [-0.39, 0.29) is 0 Å². The fraction of sp³-hybridized carbons (Fsp3) is 0.100. The Hall–Kier alpha value is -1.97. The van der Waals surface area contributed by atoms with Crippen LogP contribution in [0.5, 0.6) is 0 Å². The third kappa shape index (κ3) is 1.85. The van der Waals surface area contributed by atoms with E-state index in [0.29, 0.717) is 5.95 Å². The lowest BCUT2D eigenvalue weighted by Crippen LogP contribution is -1.99. The van der Waals surface area contributed by atoms with Crippen LogP contribution in [0.3, 0.4) is 0 Å². The average Bonchev–Trinajstić information content (AvgIpc) is 2.23. The Bertz CT molecular complexity index is 413. The SMILES string of the molecule is Cc1cccnc1Nc1ncccn1. The number of rotatable bonds is 2. The second-order valence-electron chi connectivity index (χ2n) is 2.87. The molecule has 2 aromatic rings. The molecule has 0 amide bonds. The van der Waals surface area contributed by atoms with Crippen LogP contribution in [-0.4, -0.2) is 15.0 Å². The third-order valence-electron chi connectivity index (χ3n) is 1.81. The van der Waals surface area contributed by atoms with Gasteiger partial charge in [0.15, 0.2) is 0 Å². The first kappa shape index (κ1) is 8.62. The van der Waals surface area contributed by atoms with Gasteiger partial charge in [0, 0.05) is 18.6 Å². The Morgan fingerprint density at radius 1 is 1.00 bits per heavy atom. The summed E-state index contributed by atoms with van der Waals surface area (Å²) in [5.41, 5.74) is 1.07. The lowest BCUT2D eigenvalue weighted by atomic mass is 10.3. The van der Waals surface area contributed by atoms with Crippen LogP contribution in [0, 0.1) is 6.92 Å². The lowest BCUT2D eigenvalue weighted by molar-refractivity contribution is 1.14. The van der Waals surface area contributed by atoms with Crippen molar-refractivity contribution >= 4 is 11.8 Å². The molecule has 0 spiro atoms. The summed E-state index contributed by atoms with van der Waals surface area (Å²) < 4.78 is 0. The van der Waals surface area contributed by atoms with Crippen LogP contribution in [-0.2, 0) is 0 Å². The quantitative estimate of drug-likeness (QED) is 0.778. The summed E-state index contributed by atoms with van der Waals surface area (Å²) >= 11 is 0. The highest BCUT2D eigenvalue weighted by Crippen LogP contribution is 2.12. The monoisotopic (exact) mass is 186 g/mol. The predicted molar refractivity (Wildman–Crippen MR) is 54.3 cm³/mol. The summed E-state index contributed by atoms with van der Waals surface area (Å²) in [7, 11) is 0. The van der Waals surface area contributed by atoms with E-state index in [1.807, 2.05) is 19.1 Å². The molecule has 0 aliphatic carbocycles. The third-order valence-corrected chi connectivity index (χ3v) is 1.81. The summed E-state index contributed by atoms with van der Waals surface area (Å²) in [5, 5.41) is 3.04. The molecule has 2 rings (SSSR count). The Morgan fingerprint density at radius 3 is 2.43 bits per heavy atom. The number of pyridine rings is 1. The minimum absolute atomic E-state index is 0.564. The molecule has 0 saturated carbocycles. The highest BCUT2D eigenvalue weighted by molar-refractivity contribution is 5.51. The van der Waals surface area contributed by atoms with Crippen LogP contribution in [0.2, 0.25) is 0 Å². The fourth-order valence-corrected chi connectivity index (χ4v) is 1.09. The molecular formula is C10H10N4. The van der Waals surface area contributed by atoms with E-state index in [1.165, 1.54) is 0 Å². The lowest BCUT2D eigenvalue weighted by Gasteiger charge is -2.04. The second kappa shape index (κ2) is 3.83. The Kier molecular flexibility index (Phi) is 2.36. The van der Waals surface area contributed by atoms with E-state index in [4.69, 9.17) is 0 Å². The standard InChI is InChI=1S/C10H10N4/c1-8-4-2-5-11-9(8)14-10-12-6-3-7-13-10/h2-7H,1H3,(H,11,12,13,14). The summed E-state index contributed by atoms with van der Waals surface area (Å²) in [6.07, 6.45) is 5.11. The van der Waals surface area contributed by atoms with Crippen molar-refractivity contribution in [3.05, 3.63) is 42.4 Å². The second-order valence-corrected chi connectivity index (χ2v) is 2.87. The van der Waals surface area contributed by atoms with Crippen LogP contribution >= 0.6 is 0 Å². The van der Waals surface area contributed by atoms with Gasteiger partial charge in [-0.1, -0.05) is 6.07 Å². The molecule has 1 N–H and O–H groups in total. The molecule has 14 heavy (non-hydrogen) atoms. The average molecular weight is 186 g/mol. The van der Waals surface area contributed by atoms with Gasteiger partial charge in [0.25, 0.3) is 0 Å². The number of anilines is 2. The van der Waals surface area contributed by atoms with E-state index in [1.54, 1.807) is 24.7 Å². The van der Waals surface area contributed by atoms with E-state index in [9.17, 15) is 0 Å². The largest absolute Gasteiger partial charge is 0.309 e. The number of aryl methyl sites for hydroxylation is 1. The smallest absolute Gasteiger partial charge is 0.228 e. The summed E-state index contributed by atoms with van der Waals surface area (Å²) in [5.74, 6) is 1.35. The van der Waals surface area contributed by atoms with E-state index >= 15 is 0 Å². The minimum atomic E-state index is 0.564. The van der Waals surface area contributed by atoms with Crippen molar-refractivity contribution in [3.8, 4) is 0 Å². The van der Waals surface area contributed by atoms with Crippen molar-refractivity contribution in [2.75, 3.05) is 5.32 Å². The van der Waals surface area contributed by atoms with Crippen molar-refractivity contribution in [2.24, 2.45) is 0 Å². The van der Waals surface area contributed by atoms with Gasteiger partial charge in [-0.15, -0.1) is 0 Å². The van der Waals surface area contributed by atoms with Crippen molar-refractivity contribution in [2.45, 2.75) is 6.92 Å². The molecule has 0 bridgehead atoms. The maximum atomic E-state index is 4.18. The zero-order chi connectivity index (χ0) is 9.80. The summed E-state index contributed by atoms with van der Waals surface area (Å²) in [4.78, 5) is 12.3.